The second kappa shape index (κ2) is 7.76. The Balaban J connectivity index is 4.08. The van der Waals surface area contributed by atoms with Crippen LogP contribution in [-0.4, -0.2) is 36.0 Å². The van der Waals surface area contributed by atoms with Crippen molar-refractivity contribution >= 4 is 17.8 Å². The molecule has 0 aromatic rings. The van der Waals surface area contributed by atoms with Gasteiger partial charge < -0.3 is 15.7 Å². The lowest BCUT2D eigenvalue weighted by Gasteiger charge is -2.23. The number of carboxylic acids is 1. The first-order valence-electron chi connectivity index (χ1n) is 6.36. The summed E-state index contributed by atoms with van der Waals surface area (Å²) in [5, 5.41) is 14.2. The lowest BCUT2D eigenvalue weighted by molar-refractivity contribution is -0.142. The van der Waals surface area contributed by atoms with Gasteiger partial charge in [0, 0.05) is 26.4 Å². The zero-order chi connectivity index (χ0) is 15.1. The van der Waals surface area contributed by atoms with Gasteiger partial charge in [-0.05, 0) is 11.8 Å². The number of carboxylic acid groups (broad SMARTS) is 1. The molecule has 19 heavy (non-hydrogen) atoms. The highest BCUT2D eigenvalue weighted by atomic mass is 16.4. The average Bonchev–Trinajstić information content (AvgIpc) is 2.21. The third-order valence-electron chi connectivity index (χ3n) is 2.48. The number of hydrogen-bond acceptors (Lipinski definition) is 3. The molecule has 0 saturated carbocycles. The van der Waals surface area contributed by atoms with E-state index in [4.69, 9.17) is 5.11 Å². The van der Waals surface area contributed by atoms with Crippen molar-refractivity contribution in [2.24, 2.45) is 11.3 Å². The van der Waals surface area contributed by atoms with Gasteiger partial charge in [0.1, 0.15) is 0 Å². The van der Waals surface area contributed by atoms with Crippen molar-refractivity contribution in [2.45, 2.75) is 40.5 Å². The van der Waals surface area contributed by atoms with Crippen LogP contribution in [0, 0.1) is 11.3 Å². The summed E-state index contributed by atoms with van der Waals surface area (Å²) in [5.41, 5.74) is -0.107. The van der Waals surface area contributed by atoms with Crippen LogP contribution < -0.4 is 10.6 Å². The van der Waals surface area contributed by atoms with Crippen LogP contribution in [0.4, 0.5) is 0 Å². The molecule has 3 N–H and O–H groups in total. The summed E-state index contributed by atoms with van der Waals surface area (Å²) in [5.74, 6) is -1.94. The topological polar surface area (TPSA) is 95.5 Å². The van der Waals surface area contributed by atoms with Gasteiger partial charge in [-0.2, -0.15) is 0 Å². The van der Waals surface area contributed by atoms with E-state index < -0.39 is 11.9 Å². The van der Waals surface area contributed by atoms with E-state index in [0.717, 1.165) is 0 Å². The molecule has 0 aliphatic heterocycles. The first-order valence-corrected chi connectivity index (χ1v) is 6.36. The van der Waals surface area contributed by atoms with Crippen LogP contribution in [0.3, 0.4) is 0 Å². The Bertz CT molecular complexity index is 334. The largest absolute Gasteiger partial charge is 0.481 e. The first kappa shape index (κ1) is 17.4. The molecule has 0 aliphatic rings. The molecule has 1 atom stereocenters. The summed E-state index contributed by atoms with van der Waals surface area (Å²) in [4.78, 5) is 33.2. The zero-order valence-electron chi connectivity index (χ0n) is 12.1. The number of hydrogen-bond donors (Lipinski definition) is 3. The van der Waals surface area contributed by atoms with Gasteiger partial charge in [0.2, 0.25) is 11.8 Å². The molecule has 0 heterocycles. The minimum Gasteiger partial charge on any atom is -0.481 e. The Labute approximate surface area is 113 Å². The van der Waals surface area contributed by atoms with Gasteiger partial charge in [0.25, 0.3) is 0 Å². The third-order valence-corrected chi connectivity index (χ3v) is 2.48. The van der Waals surface area contributed by atoms with Crippen LogP contribution in [0.2, 0.25) is 0 Å². The number of amides is 2. The third kappa shape index (κ3) is 10.1. The van der Waals surface area contributed by atoms with Gasteiger partial charge in [0.05, 0.1) is 5.92 Å². The maximum atomic E-state index is 11.5. The predicted octanol–water partition coefficient (Wildman–Crippen LogP) is 0.766. The zero-order valence-corrected chi connectivity index (χ0v) is 12.1. The van der Waals surface area contributed by atoms with E-state index in [1.54, 1.807) is 0 Å². The lowest BCUT2D eigenvalue weighted by Crippen LogP contribution is -2.36. The summed E-state index contributed by atoms with van der Waals surface area (Å²) in [6, 6.07) is 0. The Morgan fingerprint density at radius 2 is 1.74 bits per heavy atom. The number of aliphatic carboxylic acids is 1. The van der Waals surface area contributed by atoms with Crippen molar-refractivity contribution in [3.63, 3.8) is 0 Å². The van der Waals surface area contributed by atoms with Crippen LogP contribution >= 0.6 is 0 Å². The van der Waals surface area contributed by atoms with Crippen LogP contribution in [-0.2, 0) is 14.4 Å². The van der Waals surface area contributed by atoms with Crippen molar-refractivity contribution in [2.75, 3.05) is 13.1 Å². The van der Waals surface area contributed by atoms with E-state index >= 15 is 0 Å². The van der Waals surface area contributed by atoms with Crippen molar-refractivity contribution in [1.29, 1.82) is 0 Å². The Hall–Kier alpha value is -1.59. The SMILES string of the molecule is CC(=O)NCCC(=O)NCC(CC(C)(C)C)C(=O)O. The molecule has 0 rings (SSSR count). The molecule has 2 amide bonds. The van der Waals surface area contributed by atoms with E-state index in [9.17, 15) is 14.4 Å². The summed E-state index contributed by atoms with van der Waals surface area (Å²) in [6.07, 6.45) is 0.649. The van der Waals surface area contributed by atoms with Crippen LogP contribution in [0.5, 0.6) is 0 Å². The molecular weight excluding hydrogens is 248 g/mol. The van der Waals surface area contributed by atoms with E-state index in [2.05, 4.69) is 10.6 Å². The van der Waals surface area contributed by atoms with Crippen molar-refractivity contribution < 1.29 is 19.5 Å². The summed E-state index contributed by atoms with van der Waals surface area (Å²) in [6.45, 7) is 7.63. The summed E-state index contributed by atoms with van der Waals surface area (Å²) in [7, 11) is 0. The number of carbonyl (C=O) groups excluding carboxylic acids is 2. The standard InChI is InChI=1S/C13H24N2O4/c1-9(16)14-6-5-11(17)15-8-10(12(18)19)7-13(2,3)4/h10H,5-8H2,1-4H3,(H,14,16)(H,15,17)(H,18,19). The molecule has 0 radical (unpaired) electrons. The molecule has 0 saturated heterocycles. The number of rotatable bonds is 7. The quantitative estimate of drug-likeness (QED) is 0.637. The Morgan fingerprint density at radius 1 is 1.16 bits per heavy atom. The summed E-state index contributed by atoms with van der Waals surface area (Å²) < 4.78 is 0. The van der Waals surface area contributed by atoms with Gasteiger partial charge >= 0.3 is 5.97 Å². The van der Waals surface area contributed by atoms with Crippen LogP contribution in [0.25, 0.3) is 0 Å². The van der Waals surface area contributed by atoms with Gasteiger partial charge in [-0.1, -0.05) is 20.8 Å². The maximum Gasteiger partial charge on any atom is 0.308 e. The number of carbonyl (C=O) groups is 3. The van der Waals surface area contributed by atoms with Crippen LogP contribution in [0.1, 0.15) is 40.5 Å². The second-order valence-corrected chi connectivity index (χ2v) is 5.84. The monoisotopic (exact) mass is 272 g/mol. The normalized spacial score (nSPS) is 12.6. The van der Waals surface area contributed by atoms with Crippen molar-refractivity contribution in [1.82, 2.24) is 10.6 Å². The minimum absolute atomic E-state index is 0.107. The highest BCUT2D eigenvalue weighted by Gasteiger charge is 2.24. The average molecular weight is 272 g/mol. The Morgan fingerprint density at radius 3 is 2.16 bits per heavy atom. The minimum atomic E-state index is -0.905. The van der Waals surface area contributed by atoms with E-state index in [0.29, 0.717) is 6.42 Å². The molecule has 0 fully saturated rings. The second-order valence-electron chi connectivity index (χ2n) is 5.84. The molecule has 110 valence electrons. The fourth-order valence-corrected chi connectivity index (χ4v) is 1.66. The molecule has 0 aliphatic carbocycles. The van der Waals surface area contributed by atoms with E-state index in [1.165, 1.54) is 6.92 Å². The fraction of sp³-hybridized carbons (Fsp3) is 0.769. The van der Waals surface area contributed by atoms with Crippen molar-refractivity contribution in [3.8, 4) is 0 Å². The predicted molar refractivity (Wildman–Crippen MR) is 71.5 cm³/mol. The highest BCUT2D eigenvalue weighted by Crippen LogP contribution is 2.24. The molecule has 6 nitrogen and oxygen atoms in total. The lowest BCUT2D eigenvalue weighted by atomic mass is 9.84. The molecule has 0 bridgehead atoms. The molecule has 0 aromatic carbocycles. The number of nitrogens with one attached hydrogen (secondary N) is 2. The van der Waals surface area contributed by atoms with Gasteiger partial charge in [0.15, 0.2) is 0 Å². The molecule has 0 aromatic heterocycles. The molecule has 1 unspecified atom stereocenters. The van der Waals surface area contributed by atoms with Gasteiger partial charge in [-0.3, -0.25) is 14.4 Å². The van der Waals surface area contributed by atoms with Gasteiger partial charge in [-0.15, -0.1) is 0 Å². The highest BCUT2D eigenvalue weighted by molar-refractivity contribution is 5.78. The van der Waals surface area contributed by atoms with E-state index in [1.807, 2.05) is 20.8 Å². The molecular formula is C13H24N2O4. The smallest absolute Gasteiger partial charge is 0.308 e. The maximum absolute atomic E-state index is 11.5. The van der Waals surface area contributed by atoms with Gasteiger partial charge in [-0.25, -0.2) is 0 Å². The van der Waals surface area contributed by atoms with E-state index in [-0.39, 0.29) is 36.7 Å². The molecule has 6 heteroatoms. The van der Waals surface area contributed by atoms with Crippen molar-refractivity contribution in [3.05, 3.63) is 0 Å². The van der Waals surface area contributed by atoms with Crippen LogP contribution in [0.15, 0.2) is 0 Å². The first-order chi connectivity index (χ1) is 8.61. The summed E-state index contributed by atoms with van der Waals surface area (Å²) >= 11 is 0. The fourth-order valence-electron chi connectivity index (χ4n) is 1.66. The molecule has 0 spiro atoms. The Kier molecular flexibility index (Phi) is 7.11.